The van der Waals surface area contributed by atoms with Crippen LogP contribution >= 0.6 is 0 Å². The summed E-state index contributed by atoms with van der Waals surface area (Å²) in [5.41, 5.74) is 0. The number of amides is 1. The van der Waals surface area contributed by atoms with E-state index in [-0.39, 0.29) is 12.3 Å². The van der Waals surface area contributed by atoms with Crippen molar-refractivity contribution in [3.63, 3.8) is 0 Å². The van der Waals surface area contributed by atoms with E-state index in [1.165, 1.54) is 32.1 Å². The van der Waals surface area contributed by atoms with Gasteiger partial charge in [-0.25, -0.2) is 0 Å². The molecule has 0 bridgehead atoms. The molecule has 0 radical (unpaired) electrons. The highest BCUT2D eigenvalue weighted by Crippen LogP contribution is 2.33. The van der Waals surface area contributed by atoms with Gasteiger partial charge in [0.2, 0.25) is 5.91 Å². The van der Waals surface area contributed by atoms with Crippen LogP contribution in [0.4, 0.5) is 0 Å². The molecule has 0 aliphatic carbocycles. The lowest BCUT2D eigenvalue weighted by Gasteiger charge is -2.48. The van der Waals surface area contributed by atoms with Crippen molar-refractivity contribution >= 4 is 5.91 Å². The third-order valence-corrected chi connectivity index (χ3v) is 16.1. The molecule has 3 heterocycles. The lowest BCUT2D eigenvalue weighted by molar-refractivity contribution is -0.379. The van der Waals surface area contributed by atoms with Gasteiger partial charge in [0.05, 0.1) is 38.6 Å². The van der Waals surface area contributed by atoms with E-state index in [9.17, 15) is 61.0 Å². The van der Waals surface area contributed by atoms with Crippen LogP contribution in [0.25, 0.3) is 0 Å². The SMILES string of the molecule is CC/C=C\C/C=C\C/C=C\C/C=C\C/C=C\C/C=C\C/C=C\C/C=C\C/C=C\C/C=C\C/C=C\CCCCCC(=O)NC(COC1OC(CO)C(OC2OC(CO)C(OC3OC(CO)C(O)C(O)C3O)C(O)C2O)C(O)C1O)C(O)/C=C/CC/C=C/CCCCCCCC. The summed E-state index contributed by atoms with van der Waals surface area (Å²) in [4.78, 5) is 13.4. The average Bonchev–Trinajstić information content (AvgIpc) is 0.794. The minimum atomic E-state index is -1.99. The minimum absolute atomic E-state index is 0.184. The Morgan fingerprint density at radius 3 is 1.19 bits per heavy atom. The molecule has 3 saturated heterocycles. The molecule has 19 nitrogen and oxygen atoms in total. The standard InChI is InChI=1S/C75H119NO18/c1-3-5-7-9-11-13-15-17-18-19-20-21-22-23-24-25-26-27-28-29-30-31-32-33-34-35-36-37-38-39-40-41-43-45-47-49-51-53-63(81)76-58(59(80)52-50-48-46-44-42-16-14-12-10-8-6-4-2)57-89-73-69(87)66(84)71(61(55-78)91-73)94-75-70(88)67(85)72(62(56-79)92-75)93-74-68(86)65(83)64(82)60(54-77)90-74/h5,7,11,13,17-18,20-21,23-24,26-27,29-30,32-33,35-36,38-39,41-44,50,52,58-62,64-75,77-80,82-88H,3-4,6,8-10,12,14-16,19,22,25,28,31,34,37,40,45-49,51,53-57H2,1-2H3,(H,76,81)/b7-5-,13-11-,18-17-,21-20-,24-23-,27-26-,30-29-,33-32-,36-35-,39-38-,43-41-,44-42+,52-50+. The van der Waals surface area contributed by atoms with Crippen molar-refractivity contribution in [3.05, 3.63) is 158 Å². The Kier molecular flexibility index (Phi) is 48.4. The monoisotopic (exact) mass is 1320 g/mol. The van der Waals surface area contributed by atoms with E-state index in [0.29, 0.717) is 12.8 Å². The number of carbonyl (C=O) groups is 1. The van der Waals surface area contributed by atoms with Crippen molar-refractivity contribution in [2.45, 2.75) is 279 Å². The molecule has 17 unspecified atom stereocenters. The van der Waals surface area contributed by atoms with Crippen molar-refractivity contribution in [3.8, 4) is 0 Å². The zero-order valence-corrected chi connectivity index (χ0v) is 56.1. The highest BCUT2D eigenvalue weighted by Gasteiger charge is 2.53. The van der Waals surface area contributed by atoms with Crippen LogP contribution in [0, 0.1) is 0 Å². The second-order valence-electron chi connectivity index (χ2n) is 23.9. The normalized spacial score (nSPS) is 28.4. The molecule has 3 aliphatic rings. The number of nitrogens with one attached hydrogen (secondary N) is 1. The van der Waals surface area contributed by atoms with Crippen LogP contribution < -0.4 is 5.32 Å². The minimum Gasteiger partial charge on any atom is -0.394 e. The van der Waals surface area contributed by atoms with E-state index in [1.807, 2.05) is 6.08 Å². The summed E-state index contributed by atoms with van der Waals surface area (Å²) in [5.74, 6) is -0.327. The molecule has 3 rings (SSSR count). The zero-order valence-electron chi connectivity index (χ0n) is 56.1. The first-order valence-electron chi connectivity index (χ1n) is 34.7. The molecule has 1 amide bonds. The summed E-state index contributed by atoms with van der Waals surface area (Å²) >= 11 is 0. The van der Waals surface area contributed by atoms with Crippen LogP contribution in [0.15, 0.2) is 158 Å². The average molecular weight is 1320 g/mol. The molecule has 12 N–H and O–H groups in total. The lowest BCUT2D eigenvalue weighted by atomic mass is 9.96. The molecule has 0 saturated carbocycles. The Balaban J connectivity index is 1.39. The summed E-state index contributed by atoms with van der Waals surface area (Å²) in [7, 11) is 0. The van der Waals surface area contributed by atoms with Gasteiger partial charge >= 0.3 is 0 Å². The van der Waals surface area contributed by atoms with Crippen LogP contribution in [-0.4, -0.2) is 193 Å². The highest BCUT2D eigenvalue weighted by atomic mass is 16.8. The van der Waals surface area contributed by atoms with E-state index in [2.05, 4.69) is 165 Å². The Morgan fingerprint density at radius 2 is 0.745 bits per heavy atom. The van der Waals surface area contributed by atoms with Crippen LogP contribution in [0.2, 0.25) is 0 Å². The molecule has 3 aliphatic heterocycles. The molecule has 94 heavy (non-hydrogen) atoms. The molecule has 0 spiro atoms. The fraction of sp³-hybridized carbons (Fsp3) is 0.640. The predicted molar refractivity (Wildman–Crippen MR) is 369 cm³/mol. The second-order valence-corrected chi connectivity index (χ2v) is 23.9. The first-order chi connectivity index (χ1) is 45.8. The first kappa shape index (κ1) is 83.6. The van der Waals surface area contributed by atoms with Crippen LogP contribution in [0.1, 0.15) is 174 Å². The molecular weight excluding hydrogens is 1200 g/mol. The van der Waals surface area contributed by atoms with Crippen molar-refractivity contribution in [2.75, 3.05) is 26.4 Å². The van der Waals surface area contributed by atoms with Gasteiger partial charge in [0.15, 0.2) is 18.9 Å². The maximum absolute atomic E-state index is 13.4. The molecule has 17 atom stereocenters. The summed E-state index contributed by atoms with van der Waals surface area (Å²) in [6, 6.07) is -1.02. The molecular formula is C75H119NO18. The smallest absolute Gasteiger partial charge is 0.220 e. The van der Waals surface area contributed by atoms with Crippen molar-refractivity contribution in [1.29, 1.82) is 0 Å². The van der Waals surface area contributed by atoms with E-state index in [1.54, 1.807) is 6.08 Å². The highest BCUT2D eigenvalue weighted by molar-refractivity contribution is 5.76. The Labute approximate surface area is 561 Å². The molecule has 0 aromatic carbocycles. The summed E-state index contributed by atoms with van der Waals surface area (Å²) in [6.07, 6.45) is 52.4. The van der Waals surface area contributed by atoms with Gasteiger partial charge in [-0.05, 0) is 116 Å². The fourth-order valence-electron chi connectivity index (χ4n) is 10.4. The number of rotatable bonds is 50. The van der Waals surface area contributed by atoms with Crippen molar-refractivity contribution < 1.29 is 89.4 Å². The maximum atomic E-state index is 13.4. The van der Waals surface area contributed by atoms with E-state index in [0.717, 1.165) is 109 Å². The van der Waals surface area contributed by atoms with Gasteiger partial charge in [0.1, 0.15) is 73.2 Å². The summed E-state index contributed by atoms with van der Waals surface area (Å²) < 4.78 is 34.2. The number of hydrogen-bond donors (Lipinski definition) is 12. The predicted octanol–water partition coefficient (Wildman–Crippen LogP) is 9.32. The van der Waals surface area contributed by atoms with Crippen molar-refractivity contribution in [1.82, 2.24) is 5.32 Å². The molecule has 532 valence electrons. The van der Waals surface area contributed by atoms with Gasteiger partial charge in [-0.3, -0.25) is 4.79 Å². The summed E-state index contributed by atoms with van der Waals surface area (Å²) in [6.45, 7) is 1.51. The van der Waals surface area contributed by atoms with E-state index < -0.39 is 131 Å². The van der Waals surface area contributed by atoms with Gasteiger partial charge in [-0.2, -0.15) is 0 Å². The molecule has 0 aromatic heterocycles. The Hall–Kier alpha value is -4.59. The lowest BCUT2D eigenvalue weighted by Crippen LogP contribution is -2.66. The zero-order chi connectivity index (χ0) is 68.2. The second kappa shape index (κ2) is 54.4. The quantitative estimate of drug-likeness (QED) is 0.0199. The third kappa shape index (κ3) is 35.6. The number of aliphatic hydroxyl groups is 11. The number of carbonyl (C=O) groups excluding carboxylic acids is 1. The molecule has 0 aromatic rings. The number of aliphatic hydroxyl groups excluding tert-OH is 11. The van der Waals surface area contributed by atoms with Gasteiger partial charge < -0.3 is 89.9 Å². The largest absolute Gasteiger partial charge is 0.394 e. The summed E-state index contributed by atoms with van der Waals surface area (Å²) in [5, 5.41) is 120. The van der Waals surface area contributed by atoms with Crippen LogP contribution in [-0.2, 0) is 33.2 Å². The number of hydrogen-bond acceptors (Lipinski definition) is 18. The maximum Gasteiger partial charge on any atom is 0.220 e. The van der Waals surface area contributed by atoms with Crippen LogP contribution in [0.5, 0.6) is 0 Å². The number of unbranched alkanes of at least 4 members (excludes halogenated alkanes) is 10. The van der Waals surface area contributed by atoms with E-state index >= 15 is 0 Å². The number of allylic oxidation sites excluding steroid dienone is 25. The van der Waals surface area contributed by atoms with Gasteiger partial charge in [0, 0.05) is 6.42 Å². The van der Waals surface area contributed by atoms with Crippen LogP contribution in [0.3, 0.4) is 0 Å². The van der Waals surface area contributed by atoms with Crippen molar-refractivity contribution in [2.24, 2.45) is 0 Å². The fourth-order valence-corrected chi connectivity index (χ4v) is 10.4. The van der Waals surface area contributed by atoms with Gasteiger partial charge in [-0.1, -0.05) is 210 Å². The third-order valence-electron chi connectivity index (χ3n) is 16.1. The topological polar surface area (TPSA) is 307 Å². The van der Waals surface area contributed by atoms with Gasteiger partial charge in [-0.15, -0.1) is 0 Å². The molecule has 3 fully saturated rings. The molecule has 19 heteroatoms. The Bertz CT molecular complexity index is 2320. The Morgan fingerprint density at radius 1 is 0.394 bits per heavy atom. The number of ether oxygens (including phenoxy) is 6. The first-order valence-corrected chi connectivity index (χ1v) is 34.7. The van der Waals surface area contributed by atoms with Gasteiger partial charge in [0.25, 0.3) is 0 Å². The van der Waals surface area contributed by atoms with E-state index in [4.69, 9.17) is 28.4 Å².